The summed E-state index contributed by atoms with van der Waals surface area (Å²) < 4.78 is 32.7. The highest BCUT2D eigenvalue weighted by Crippen LogP contribution is 2.43. The molecule has 0 fully saturated rings. The number of ether oxygens (including phenoxy) is 2. The van der Waals surface area contributed by atoms with Crippen molar-refractivity contribution in [2.75, 3.05) is 26.4 Å². The number of phosphoric ester groups is 1. The third-order valence-electron chi connectivity index (χ3n) is 9.17. The van der Waals surface area contributed by atoms with Gasteiger partial charge in [-0.15, -0.1) is 0 Å². The van der Waals surface area contributed by atoms with Crippen molar-refractivity contribution in [3.05, 3.63) is 60.8 Å². The van der Waals surface area contributed by atoms with Gasteiger partial charge in [-0.1, -0.05) is 184 Å². The smallest absolute Gasteiger partial charge is 0.462 e. The van der Waals surface area contributed by atoms with E-state index in [1.54, 1.807) is 0 Å². The van der Waals surface area contributed by atoms with Crippen molar-refractivity contribution in [2.45, 2.75) is 193 Å². The molecule has 0 aliphatic carbocycles. The van der Waals surface area contributed by atoms with Gasteiger partial charge in [0.25, 0.3) is 0 Å². The number of unbranched alkanes of at least 4 members (excludes halogenated alkanes) is 18. The highest BCUT2D eigenvalue weighted by atomic mass is 31.2. The van der Waals surface area contributed by atoms with Crippen molar-refractivity contribution in [1.29, 1.82) is 0 Å². The Bertz CT molecular complexity index is 1100. The quantitative estimate of drug-likeness (QED) is 0.0268. The second-order valence-electron chi connectivity index (χ2n) is 14.5. The molecule has 9 nitrogen and oxygen atoms in total. The van der Waals surface area contributed by atoms with E-state index in [2.05, 4.69) is 68.5 Å². The highest BCUT2D eigenvalue weighted by molar-refractivity contribution is 7.47. The van der Waals surface area contributed by atoms with Crippen molar-refractivity contribution in [2.24, 2.45) is 5.73 Å². The van der Waals surface area contributed by atoms with E-state index in [1.165, 1.54) is 96.3 Å². The maximum atomic E-state index is 12.6. The van der Waals surface area contributed by atoms with Crippen molar-refractivity contribution in [3.63, 3.8) is 0 Å². The van der Waals surface area contributed by atoms with Crippen LogP contribution in [-0.4, -0.2) is 49.3 Å². The van der Waals surface area contributed by atoms with E-state index in [9.17, 15) is 19.0 Å². The van der Waals surface area contributed by atoms with Crippen molar-refractivity contribution >= 4 is 19.8 Å². The Hall–Kier alpha value is -2.29. The Morgan fingerprint density at radius 3 is 1.45 bits per heavy atom. The lowest BCUT2D eigenvalue weighted by atomic mass is 10.0. The first-order valence-corrected chi connectivity index (χ1v) is 23.8. The number of nitrogens with two attached hydrogens (primary N) is 1. The minimum atomic E-state index is -4.39. The molecule has 0 amide bonds. The first-order chi connectivity index (χ1) is 27.3. The van der Waals surface area contributed by atoms with Gasteiger partial charge in [-0.05, 0) is 51.4 Å². The standard InChI is InChI=1S/C46H82NO8P/c1-3-5-7-9-11-13-15-17-19-21-23-24-26-28-30-32-34-36-38-45(48)52-42-44(43-54-56(50,51)53-41-40-47)55-46(49)39-37-35-33-31-29-27-25-22-20-18-16-14-12-10-8-6-4-2/h6,8,12,14,18,20,25,27,31,33,44H,3-5,7,9-11,13,15-17,19,21-24,26,28-30,32,34-43,47H2,1-2H3,(H,50,51)/b8-6+,14-12+,20-18+,27-25+,33-31+/t44-/m1/s1. The van der Waals surface area contributed by atoms with Gasteiger partial charge >= 0.3 is 19.8 Å². The van der Waals surface area contributed by atoms with Crippen LogP contribution >= 0.6 is 7.82 Å². The number of allylic oxidation sites excluding steroid dienone is 10. The molecule has 0 saturated carbocycles. The molecule has 0 aromatic heterocycles. The molecule has 56 heavy (non-hydrogen) atoms. The summed E-state index contributed by atoms with van der Waals surface area (Å²) in [6, 6.07) is 0. The van der Waals surface area contributed by atoms with E-state index in [1.807, 2.05) is 6.08 Å². The van der Waals surface area contributed by atoms with Gasteiger partial charge < -0.3 is 20.1 Å². The Labute approximate surface area is 342 Å². The lowest BCUT2D eigenvalue weighted by molar-refractivity contribution is -0.161. The molecule has 324 valence electrons. The fourth-order valence-corrected chi connectivity index (χ4v) is 6.67. The van der Waals surface area contributed by atoms with Gasteiger partial charge in [0.15, 0.2) is 6.10 Å². The fourth-order valence-electron chi connectivity index (χ4n) is 5.91. The van der Waals surface area contributed by atoms with Crippen LogP contribution in [-0.2, 0) is 32.7 Å². The van der Waals surface area contributed by atoms with Gasteiger partial charge in [-0.25, -0.2) is 4.57 Å². The molecule has 0 rings (SSSR count). The topological polar surface area (TPSA) is 134 Å². The molecule has 0 saturated heterocycles. The Balaban J connectivity index is 4.21. The Kier molecular flexibility index (Phi) is 40.6. The summed E-state index contributed by atoms with van der Waals surface area (Å²) in [7, 11) is -4.39. The van der Waals surface area contributed by atoms with E-state index in [-0.39, 0.29) is 32.6 Å². The summed E-state index contributed by atoms with van der Waals surface area (Å²) in [6.45, 7) is 3.56. The molecule has 10 heteroatoms. The Morgan fingerprint density at radius 1 is 0.554 bits per heavy atom. The van der Waals surface area contributed by atoms with Crippen molar-refractivity contribution in [1.82, 2.24) is 0 Å². The number of rotatable bonds is 41. The third kappa shape index (κ3) is 41.3. The molecule has 3 N–H and O–H groups in total. The molecule has 0 bridgehead atoms. The fraction of sp³-hybridized carbons (Fsp3) is 0.739. The molecule has 0 aromatic carbocycles. The van der Waals surface area contributed by atoms with Crippen molar-refractivity contribution in [3.8, 4) is 0 Å². The summed E-state index contributed by atoms with van der Waals surface area (Å²) in [5, 5.41) is 0. The van der Waals surface area contributed by atoms with Crippen LogP contribution in [0.5, 0.6) is 0 Å². The highest BCUT2D eigenvalue weighted by Gasteiger charge is 2.25. The van der Waals surface area contributed by atoms with Gasteiger partial charge in [0.2, 0.25) is 0 Å². The number of hydrogen-bond acceptors (Lipinski definition) is 8. The summed E-state index contributed by atoms with van der Waals surface area (Å²) in [6.07, 6.45) is 49.8. The Morgan fingerprint density at radius 2 is 0.982 bits per heavy atom. The number of carbonyl (C=O) groups is 2. The second kappa shape index (κ2) is 42.3. The molecule has 1 unspecified atom stereocenters. The maximum Gasteiger partial charge on any atom is 0.472 e. The van der Waals surface area contributed by atoms with Crippen LogP contribution in [0.25, 0.3) is 0 Å². The summed E-state index contributed by atoms with van der Waals surface area (Å²) in [5.74, 6) is -0.895. The van der Waals surface area contributed by atoms with Crippen LogP contribution in [0.2, 0.25) is 0 Å². The lowest BCUT2D eigenvalue weighted by Gasteiger charge is -2.19. The molecule has 0 aromatic rings. The van der Waals surface area contributed by atoms with Crippen LogP contribution in [0.4, 0.5) is 0 Å². The van der Waals surface area contributed by atoms with Gasteiger partial charge in [0.1, 0.15) is 6.61 Å². The van der Waals surface area contributed by atoms with Gasteiger partial charge in [0.05, 0.1) is 13.2 Å². The van der Waals surface area contributed by atoms with E-state index >= 15 is 0 Å². The largest absolute Gasteiger partial charge is 0.472 e. The average Bonchev–Trinajstić information content (AvgIpc) is 3.18. The van der Waals surface area contributed by atoms with E-state index < -0.39 is 32.5 Å². The first kappa shape index (κ1) is 53.7. The average molecular weight is 808 g/mol. The minimum absolute atomic E-state index is 0.0429. The van der Waals surface area contributed by atoms with E-state index in [4.69, 9.17) is 24.3 Å². The molecule has 0 heterocycles. The predicted molar refractivity (Wildman–Crippen MR) is 233 cm³/mol. The number of carbonyl (C=O) groups excluding carboxylic acids is 2. The van der Waals surface area contributed by atoms with E-state index in [0.717, 1.165) is 51.4 Å². The zero-order chi connectivity index (χ0) is 41.1. The van der Waals surface area contributed by atoms with Crippen LogP contribution in [0.1, 0.15) is 187 Å². The summed E-state index contributed by atoms with van der Waals surface area (Å²) in [5.41, 5.74) is 5.34. The van der Waals surface area contributed by atoms with Gasteiger partial charge in [-0.2, -0.15) is 0 Å². The van der Waals surface area contributed by atoms with Crippen LogP contribution in [0.15, 0.2) is 60.8 Å². The van der Waals surface area contributed by atoms with Crippen LogP contribution in [0.3, 0.4) is 0 Å². The molecule has 2 atom stereocenters. The molecule has 0 radical (unpaired) electrons. The molecular weight excluding hydrogens is 725 g/mol. The first-order valence-electron chi connectivity index (χ1n) is 22.3. The van der Waals surface area contributed by atoms with Crippen molar-refractivity contribution < 1.29 is 37.6 Å². The molecular formula is C46H82NO8P. The predicted octanol–water partition coefficient (Wildman–Crippen LogP) is 12.9. The van der Waals surface area contributed by atoms with E-state index in [0.29, 0.717) is 12.8 Å². The van der Waals surface area contributed by atoms with Crippen LogP contribution in [0, 0.1) is 0 Å². The molecule has 0 aliphatic rings. The summed E-state index contributed by atoms with van der Waals surface area (Å²) in [4.78, 5) is 34.9. The van der Waals surface area contributed by atoms with Crippen LogP contribution < -0.4 is 5.73 Å². The van der Waals surface area contributed by atoms with Gasteiger partial charge in [-0.3, -0.25) is 18.6 Å². The minimum Gasteiger partial charge on any atom is -0.462 e. The zero-order valence-corrected chi connectivity index (χ0v) is 36.5. The molecule has 0 spiro atoms. The zero-order valence-electron chi connectivity index (χ0n) is 35.6. The third-order valence-corrected chi connectivity index (χ3v) is 10.2. The number of phosphoric acid groups is 1. The SMILES string of the molecule is CC/C=C/C/C=C/C/C=C/C/C=C/C/C=C/CCCC(=O)O[C@H](COC(=O)CCCCCCCCCCCCCCCCCCCC)COP(=O)(O)OCCN. The normalized spacial score (nSPS) is 13.9. The second-order valence-corrected chi connectivity index (χ2v) is 16.0. The molecule has 0 aliphatic heterocycles. The summed E-state index contributed by atoms with van der Waals surface area (Å²) >= 11 is 0. The maximum absolute atomic E-state index is 12.6. The lowest BCUT2D eigenvalue weighted by Crippen LogP contribution is -2.29. The monoisotopic (exact) mass is 808 g/mol. The number of hydrogen-bond donors (Lipinski definition) is 2. The number of esters is 2. The van der Waals surface area contributed by atoms with Gasteiger partial charge in [0, 0.05) is 19.4 Å².